The normalized spacial score (nSPS) is 23.2. The third kappa shape index (κ3) is 4.08. The first-order chi connectivity index (χ1) is 11.2. The number of carbonyl (C=O) groups is 2. The molecule has 2 aliphatic heterocycles. The van der Waals surface area contributed by atoms with Gasteiger partial charge >= 0.3 is 0 Å². The zero-order valence-electron chi connectivity index (χ0n) is 13.9. The molecule has 6 heteroatoms. The minimum absolute atomic E-state index is 0. The molecule has 0 bridgehead atoms. The number of carbonyl (C=O) groups excluding carboxylic acids is 2. The van der Waals surface area contributed by atoms with Crippen LogP contribution in [0.25, 0.3) is 0 Å². The lowest BCUT2D eigenvalue weighted by Gasteiger charge is -2.28. The molecule has 0 spiro atoms. The van der Waals surface area contributed by atoms with E-state index in [1.54, 1.807) is 4.90 Å². The van der Waals surface area contributed by atoms with Crippen LogP contribution < -0.4 is 5.73 Å². The molecule has 2 saturated heterocycles. The van der Waals surface area contributed by atoms with Gasteiger partial charge in [-0.25, -0.2) is 0 Å². The molecule has 2 aliphatic rings. The first-order valence-electron chi connectivity index (χ1n) is 8.51. The molecule has 0 aliphatic carbocycles. The SMILES string of the molecule is Cl.NCC1CCN(C(=O)C2CCCN2C(=O)Cc2ccccc2)C1. The molecule has 0 radical (unpaired) electrons. The summed E-state index contributed by atoms with van der Waals surface area (Å²) in [7, 11) is 0. The summed E-state index contributed by atoms with van der Waals surface area (Å²) in [6.45, 7) is 2.84. The molecule has 3 rings (SSSR count). The van der Waals surface area contributed by atoms with E-state index in [0.29, 0.717) is 25.4 Å². The Morgan fingerprint density at radius 1 is 1.12 bits per heavy atom. The zero-order chi connectivity index (χ0) is 16.2. The van der Waals surface area contributed by atoms with Crippen LogP contribution in [-0.4, -0.2) is 53.8 Å². The largest absolute Gasteiger partial charge is 0.341 e. The zero-order valence-corrected chi connectivity index (χ0v) is 14.7. The summed E-state index contributed by atoms with van der Waals surface area (Å²) in [4.78, 5) is 29.0. The summed E-state index contributed by atoms with van der Waals surface area (Å²) >= 11 is 0. The molecular formula is C18H26ClN3O2. The van der Waals surface area contributed by atoms with Crippen molar-refractivity contribution in [1.82, 2.24) is 9.80 Å². The van der Waals surface area contributed by atoms with Crippen molar-refractivity contribution in [3.8, 4) is 0 Å². The highest BCUT2D eigenvalue weighted by Crippen LogP contribution is 2.24. The molecule has 2 amide bonds. The molecule has 2 N–H and O–H groups in total. The minimum Gasteiger partial charge on any atom is -0.341 e. The molecule has 1 aromatic carbocycles. The number of amides is 2. The Morgan fingerprint density at radius 3 is 2.54 bits per heavy atom. The summed E-state index contributed by atoms with van der Waals surface area (Å²) in [5.74, 6) is 0.579. The maximum Gasteiger partial charge on any atom is 0.245 e. The Hall–Kier alpha value is -1.59. The Morgan fingerprint density at radius 2 is 1.88 bits per heavy atom. The third-order valence-electron chi connectivity index (χ3n) is 4.99. The van der Waals surface area contributed by atoms with Gasteiger partial charge < -0.3 is 15.5 Å². The van der Waals surface area contributed by atoms with E-state index in [0.717, 1.165) is 37.9 Å². The van der Waals surface area contributed by atoms with Gasteiger partial charge in [0.15, 0.2) is 0 Å². The lowest BCUT2D eigenvalue weighted by Crippen LogP contribution is -2.47. The van der Waals surface area contributed by atoms with Crippen LogP contribution in [0.1, 0.15) is 24.8 Å². The summed E-state index contributed by atoms with van der Waals surface area (Å²) in [6.07, 6.45) is 3.04. The van der Waals surface area contributed by atoms with Crippen molar-refractivity contribution in [3.63, 3.8) is 0 Å². The number of nitrogens with two attached hydrogens (primary N) is 1. The summed E-state index contributed by atoms with van der Waals surface area (Å²) in [5.41, 5.74) is 6.71. The summed E-state index contributed by atoms with van der Waals surface area (Å²) < 4.78 is 0. The fraction of sp³-hybridized carbons (Fsp3) is 0.556. The highest BCUT2D eigenvalue weighted by atomic mass is 35.5. The van der Waals surface area contributed by atoms with Gasteiger partial charge in [0.1, 0.15) is 6.04 Å². The van der Waals surface area contributed by atoms with Crippen LogP contribution in [0, 0.1) is 5.92 Å². The van der Waals surface area contributed by atoms with E-state index in [2.05, 4.69) is 0 Å². The third-order valence-corrected chi connectivity index (χ3v) is 4.99. The van der Waals surface area contributed by atoms with Crippen LogP contribution in [0.5, 0.6) is 0 Å². The van der Waals surface area contributed by atoms with Gasteiger partial charge in [-0.15, -0.1) is 12.4 Å². The smallest absolute Gasteiger partial charge is 0.245 e. The Kier molecular flexibility index (Phi) is 6.63. The highest BCUT2D eigenvalue weighted by molar-refractivity contribution is 5.89. The van der Waals surface area contributed by atoms with Gasteiger partial charge in [0.25, 0.3) is 0 Å². The number of likely N-dealkylation sites (tertiary alicyclic amines) is 2. The number of nitrogens with zero attached hydrogens (tertiary/aromatic N) is 2. The molecule has 5 nitrogen and oxygen atoms in total. The Labute approximate surface area is 149 Å². The van der Waals surface area contributed by atoms with Crippen molar-refractivity contribution in [2.75, 3.05) is 26.2 Å². The van der Waals surface area contributed by atoms with Crippen molar-refractivity contribution < 1.29 is 9.59 Å². The predicted octanol–water partition coefficient (Wildman–Crippen LogP) is 1.45. The van der Waals surface area contributed by atoms with E-state index in [9.17, 15) is 9.59 Å². The van der Waals surface area contributed by atoms with E-state index in [1.165, 1.54) is 0 Å². The average molecular weight is 352 g/mol. The van der Waals surface area contributed by atoms with E-state index < -0.39 is 0 Å². The first kappa shape index (κ1) is 18.7. The molecule has 132 valence electrons. The number of hydrogen-bond acceptors (Lipinski definition) is 3. The van der Waals surface area contributed by atoms with Crippen molar-refractivity contribution >= 4 is 24.2 Å². The van der Waals surface area contributed by atoms with Crippen LogP contribution in [0.2, 0.25) is 0 Å². The van der Waals surface area contributed by atoms with Crippen molar-refractivity contribution in [1.29, 1.82) is 0 Å². The second-order valence-corrected chi connectivity index (χ2v) is 6.58. The first-order valence-corrected chi connectivity index (χ1v) is 8.51. The van der Waals surface area contributed by atoms with Gasteiger partial charge in [0, 0.05) is 19.6 Å². The van der Waals surface area contributed by atoms with Crippen LogP contribution >= 0.6 is 12.4 Å². The molecule has 0 aromatic heterocycles. The fourth-order valence-electron chi connectivity index (χ4n) is 3.63. The van der Waals surface area contributed by atoms with Crippen LogP contribution in [0.15, 0.2) is 30.3 Å². The van der Waals surface area contributed by atoms with Crippen LogP contribution in [0.4, 0.5) is 0 Å². The van der Waals surface area contributed by atoms with Gasteiger partial charge in [-0.1, -0.05) is 30.3 Å². The quantitative estimate of drug-likeness (QED) is 0.892. The number of hydrogen-bond donors (Lipinski definition) is 1. The molecule has 24 heavy (non-hydrogen) atoms. The fourth-order valence-corrected chi connectivity index (χ4v) is 3.63. The minimum atomic E-state index is -0.275. The predicted molar refractivity (Wildman–Crippen MR) is 95.9 cm³/mol. The standard InChI is InChI=1S/C18H25N3O2.ClH/c19-12-15-8-10-20(13-15)18(23)16-7-4-9-21(16)17(22)11-14-5-2-1-3-6-14;/h1-3,5-6,15-16H,4,7-13,19H2;1H. The molecule has 2 atom stereocenters. The van der Waals surface area contributed by atoms with E-state index in [1.807, 2.05) is 35.2 Å². The van der Waals surface area contributed by atoms with Gasteiger partial charge in [0.05, 0.1) is 6.42 Å². The van der Waals surface area contributed by atoms with Crippen molar-refractivity contribution in [2.45, 2.75) is 31.7 Å². The van der Waals surface area contributed by atoms with E-state index in [-0.39, 0.29) is 30.3 Å². The second-order valence-electron chi connectivity index (χ2n) is 6.58. The van der Waals surface area contributed by atoms with Crippen molar-refractivity contribution in [2.24, 2.45) is 11.7 Å². The molecule has 1 aromatic rings. The van der Waals surface area contributed by atoms with Crippen molar-refractivity contribution in [3.05, 3.63) is 35.9 Å². The highest BCUT2D eigenvalue weighted by Gasteiger charge is 2.38. The monoisotopic (exact) mass is 351 g/mol. The molecule has 2 unspecified atom stereocenters. The summed E-state index contributed by atoms with van der Waals surface area (Å²) in [6, 6.07) is 9.45. The number of halogens is 1. The Bertz CT molecular complexity index is 567. The van der Waals surface area contributed by atoms with Crippen LogP contribution in [0.3, 0.4) is 0 Å². The molecular weight excluding hydrogens is 326 g/mol. The van der Waals surface area contributed by atoms with Gasteiger partial charge in [-0.3, -0.25) is 9.59 Å². The Balaban J connectivity index is 0.00000208. The maximum atomic E-state index is 12.8. The van der Waals surface area contributed by atoms with Crippen LogP contribution in [-0.2, 0) is 16.0 Å². The van der Waals surface area contributed by atoms with Gasteiger partial charge in [0.2, 0.25) is 11.8 Å². The molecule has 2 fully saturated rings. The lowest BCUT2D eigenvalue weighted by atomic mass is 10.1. The van der Waals surface area contributed by atoms with Gasteiger partial charge in [-0.05, 0) is 37.3 Å². The van der Waals surface area contributed by atoms with E-state index in [4.69, 9.17) is 5.73 Å². The van der Waals surface area contributed by atoms with Gasteiger partial charge in [-0.2, -0.15) is 0 Å². The topological polar surface area (TPSA) is 66.6 Å². The number of benzene rings is 1. The molecule has 2 heterocycles. The lowest BCUT2D eigenvalue weighted by molar-refractivity contribution is -0.142. The maximum absolute atomic E-state index is 12.8. The van der Waals surface area contributed by atoms with E-state index >= 15 is 0 Å². The second kappa shape index (κ2) is 8.49. The number of rotatable bonds is 4. The summed E-state index contributed by atoms with van der Waals surface area (Å²) in [5, 5.41) is 0. The molecule has 0 saturated carbocycles. The average Bonchev–Trinajstić information content (AvgIpc) is 3.24.